The zero-order chi connectivity index (χ0) is 15.3. The molecule has 1 aromatic heterocycles. The van der Waals surface area contributed by atoms with Crippen LogP contribution in [0.4, 0.5) is 0 Å². The fourth-order valence-corrected chi connectivity index (χ4v) is 2.87. The van der Waals surface area contributed by atoms with E-state index < -0.39 is 10.0 Å². The molecule has 3 N–H and O–H groups in total. The normalized spacial score (nSPS) is 11.4. The second-order valence-corrected chi connectivity index (χ2v) is 6.56. The Hall–Kier alpha value is -1.84. The van der Waals surface area contributed by atoms with E-state index in [0.717, 1.165) is 5.56 Å². The Morgan fingerprint density at radius 1 is 1.33 bits per heavy atom. The molecule has 112 valence electrons. The molecule has 0 spiro atoms. The summed E-state index contributed by atoms with van der Waals surface area (Å²) < 4.78 is 31.4. The lowest BCUT2D eigenvalue weighted by Crippen LogP contribution is -2.26. The second kappa shape index (κ2) is 6.74. The SMILES string of the molecule is NC(=S)Cc1ccc(S(=O)(=O)NCCc2ncno2)cc1. The quantitative estimate of drug-likeness (QED) is 0.709. The van der Waals surface area contributed by atoms with Crippen LogP contribution in [-0.2, 0) is 22.9 Å². The number of benzene rings is 1. The van der Waals surface area contributed by atoms with Crippen molar-refractivity contribution in [2.45, 2.75) is 17.7 Å². The summed E-state index contributed by atoms with van der Waals surface area (Å²) in [6.07, 6.45) is 2.05. The molecule has 0 aliphatic rings. The van der Waals surface area contributed by atoms with Crippen molar-refractivity contribution in [2.24, 2.45) is 5.73 Å². The smallest absolute Gasteiger partial charge is 0.240 e. The Kier molecular flexibility index (Phi) is 4.99. The summed E-state index contributed by atoms with van der Waals surface area (Å²) in [7, 11) is -3.56. The van der Waals surface area contributed by atoms with Crippen molar-refractivity contribution in [1.82, 2.24) is 14.9 Å². The summed E-state index contributed by atoms with van der Waals surface area (Å²) in [6.45, 7) is 0.180. The molecule has 2 aromatic rings. The number of rotatable bonds is 7. The van der Waals surface area contributed by atoms with E-state index in [-0.39, 0.29) is 11.4 Å². The van der Waals surface area contributed by atoms with Crippen molar-refractivity contribution in [1.29, 1.82) is 0 Å². The van der Waals surface area contributed by atoms with E-state index in [1.54, 1.807) is 12.1 Å². The lowest BCUT2D eigenvalue weighted by molar-refractivity contribution is 0.377. The van der Waals surface area contributed by atoms with Gasteiger partial charge in [0.25, 0.3) is 0 Å². The third-order valence-electron chi connectivity index (χ3n) is 2.65. The molecule has 1 aromatic carbocycles. The van der Waals surface area contributed by atoms with E-state index in [1.807, 2.05) is 0 Å². The molecule has 0 aliphatic heterocycles. The Bertz CT molecular complexity index is 697. The van der Waals surface area contributed by atoms with Gasteiger partial charge in [-0.15, -0.1) is 0 Å². The Morgan fingerprint density at radius 2 is 2.05 bits per heavy atom. The first-order valence-corrected chi connectivity index (χ1v) is 7.99. The molecule has 2 rings (SSSR count). The minimum Gasteiger partial charge on any atom is -0.393 e. The molecule has 0 amide bonds. The predicted molar refractivity (Wildman–Crippen MR) is 80.1 cm³/mol. The lowest BCUT2D eigenvalue weighted by atomic mass is 10.1. The van der Waals surface area contributed by atoms with Crippen molar-refractivity contribution < 1.29 is 12.9 Å². The maximum atomic E-state index is 12.1. The number of hydrogen-bond acceptors (Lipinski definition) is 6. The van der Waals surface area contributed by atoms with Gasteiger partial charge in [-0.3, -0.25) is 0 Å². The maximum absolute atomic E-state index is 12.1. The fourth-order valence-electron chi connectivity index (χ4n) is 1.67. The van der Waals surface area contributed by atoms with Gasteiger partial charge in [-0.25, -0.2) is 13.1 Å². The zero-order valence-corrected chi connectivity index (χ0v) is 12.7. The van der Waals surface area contributed by atoms with Crippen LogP contribution >= 0.6 is 12.2 Å². The van der Waals surface area contributed by atoms with Crippen LogP contribution in [0, 0.1) is 0 Å². The fraction of sp³-hybridized carbons (Fsp3) is 0.250. The molecule has 0 radical (unpaired) electrons. The van der Waals surface area contributed by atoms with Gasteiger partial charge >= 0.3 is 0 Å². The van der Waals surface area contributed by atoms with Gasteiger partial charge in [-0.2, -0.15) is 4.98 Å². The molecule has 0 atom stereocenters. The first kappa shape index (κ1) is 15.5. The van der Waals surface area contributed by atoms with Gasteiger partial charge in [0.05, 0.1) is 9.88 Å². The van der Waals surface area contributed by atoms with Gasteiger partial charge < -0.3 is 10.3 Å². The van der Waals surface area contributed by atoms with Crippen LogP contribution in [0.3, 0.4) is 0 Å². The van der Waals surface area contributed by atoms with E-state index in [1.165, 1.54) is 18.5 Å². The highest BCUT2D eigenvalue weighted by Gasteiger charge is 2.13. The minimum atomic E-state index is -3.56. The second-order valence-electron chi connectivity index (χ2n) is 4.27. The van der Waals surface area contributed by atoms with Gasteiger partial charge in [-0.1, -0.05) is 29.5 Å². The van der Waals surface area contributed by atoms with Crippen molar-refractivity contribution in [3.63, 3.8) is 0 Å². The summed E-state index contributed by atoms with van der Waals surface area (Å²) in [5.41, 5.74) is 6.31. The Balaban J connectivity index is 1.96. The van der Waals surface area contributed by atoms with Gasteiger partial charge in [0, 0.05) is 19.4 Å². The van der Waals surface area contributed by atoms with Crippen molar-refractivity contribution in [3.05, 3.63) is 42.0 Å². The van der Waals surface area contributed by atoms with Crippen molar-refractivity contribution in [2.75, 3.05) is 6.54 Å². The number of aromatic nitrogens is 2. The van der Waals surface area contributed by atoms with Gasteiger partial charge in [0.15, 0.2) is 6.33 Å². The first-order valence-electron chi connectivity index (χ1n) is 6.10. The number of nitrogens with zero attached hydrogens (tertiary/aromatic N) is 2. The number of nitrogens with two attached hydrogens (primary N) is 1. The number of sulfonamides is 1. The van der Waals surface area contributed by atoms with E-state index >= 15 is 0 Å². The van der Waals surface area contributed by atoms with Crippen LogP contribution in [0.2, 0.25) is 0 Å². The van der Waals surface area contributed by atoms with Crippen LogP contribution < -0.4 is 10.5 Å². The lowest BCUT2D eigenvalue weighted by Gasteiger charge is -2.06. The largest absolute Gasteiger partial charge is 0.393 e. The molecular formula is C12H14N4O3S2. The third kappa shape index (κ3) is 4.59. The Morgan fingerprint density at radius 3 is 2.62 bits per heavy atom. The summed E-state index contributed by atoms with van der Waals surface area (Å²) >= 11 is 4.81. The highest BCUT2D eigenvalue weighted by atomic mass is 32.2. The summed E-state index contributed by atoms with van der Waals surface area (Å²) in [6, 6.07) is 6.41. The number of thiocarbonyl (C=S) groups is 1. The van der Waals surface area contributed by atoms with Crippen LogP contribution in [0.1, 0.15) is 11.5 Å². The van der Waals surface area contributed by atoms with Gasteiger partial charge in [-0.05, 0) is 17.7 Å². The molecule has 0 saturated carbocycles. The molecular weight excluding hydrogens is 312 g/mol. The number of hydrogen-bond donors (Lipinski definition) is 2. The summed E-state index contributed by atoms with van der Waals surface area (Å²) in [5.74, 6) is 0.379. The van der Waals surface area contributed by atoms with E-state index in [0.29, 0.717) is 23.7 Å². The van der Waals surface area contributed by atoms with Crippen LogP contribution in [0.5, 0.6) is 0 Å². The van der Waals surface area contributed by atoms with Crippen LogP contribution in [0.15, 0.2) is 40.0 Å². The summed E-state index contributed by atoms with van der Waals surface area (Å²) in [4.78, 5) is 4.36. The van der Waals surface area contributed by atoms with Gasteiger partial charge in [0.1, 0.15) is 0 Å². The van der Waals surface area contributed by atoms with Crippen molar-refractivity contribution >= 4 is 27.2 Å². The van der Waals surface area contributed by atoms with Gasteiger partial charge in [0.2, 0.25) is 15.9 Å². The topological polar surface area (TPSA) is 111 Å². The van der Waals surface area contributed by atoms with Crippen LogP contribution in [-0.4, -0.2) is 30.1 Å². The van der Waals surface area contributed by atoms with Crippen LogP contribution in [0.25, 0.3) is 0 Å². The standard InChI is InChI=1S/C12H14N4O3S2/c13-11(20)7-9-1-3-10(4-2-9)21(17,18)16-6-5-12-14-8-15-19-12/h1-4,8,16H,5-7H2,(H2,13,20). The molecule has 7 nitrogen and oxygen atoms in total. The first-order chi connectivity index (χ1) is 9.97. The molecule has 21 heavy (non-hydrogen) atoms. The zero-order valence-electron chi connectivity index (χ0n) is 11.0. The highest BCUT2D eigenvalue weighted by molar-refractivity contribution is 7.89. The Labute approximate surface area is 127 Å². The van der Waals surface area contributed by atoms with E-state index in [2.05, 4.69) is 14.9 Å². The predicted octanol–water partition coefficient (Wildman–Crippen LogP) is 0.419. The maximum Gasteiger partial charge on any atom is 0.240 e. The van der Waals surface area contributed by atoms with E-state index in [9.17, 15) is 8.42 Å². The number of nitrogens with one attached hydrogen (secondary N) is 1. The monoisotopic (exact) mass is 326 g/mol. The third-order valence-corrected chi connectivity index (χ3v) is 4.27. The average molecular weight is 326 g/mol. The minimum absolute atomic E-state index is 0.180. The molecule has 0 aliphatic carbocycles. The molecule has 0 fully saturated rings. The van der Waals surface area contributed by atoms with E-state index in [4.69, 9.17) is 22.5 Å². The molecule has 1 heterocycles. The molecule has 9 heteroatoms. The summed E-state index contributed by atoms with van der Waals surface area (Å²) in [5, 5.41) is 3.44. The molecule has 0 bridgehead atoms. The van der Waals surface area contributed by atoms with Crippen molar-refractivity contribution in [3.8, 4) is 0 Å². The molecule has 0 unspecified atom stereocenters. The average Bonchev–Trinajstić information content (AvgIpc) is 2.91. The highest BCUT2D eigenvalue weighted by Crippen LogP contribution is 2.11. The molecule has 0 saturated heterocycles.